The summed E-state index contributed by atoms with van der Waals surface area (Å²) in [6, 6.07) is 4.07. The predicted octanol–water partition coefficient (Wildman–Crippen LogP) is 3.41. The number of nitrogens with one attached hydrogen (secondary N) is 1. The topological polar surface area (TPSA) is 37.8 Å². The van der Waals surface area contributed by atoms with Crippen LogP contribution < -0.4 is 5.32 Å². The Morgan fingerprint density at radius 3 is 2.81 bits per heavy atom. The normalized spacial score (nSPS) is 10.4. The number of aryl methyl sites for hydroxylation is 1. The third-order valence-corrected chi connectivity index (χ3v) is 4.23. The van der Waals surface area contributed by atoms with Crippen molar-refractivity contribution >= 4 is 39.7 Å². The molecule has 0 aliphatic heterocycles. The molecule has 0 atom stereocenters. The maximum absolute atomic E-state index is 4.59. The van der Waals surface area contributed by atoms with Gasteiger partial charge in [-0.15, -0.1) is 11.3 Å². The molecule has 1 N–H and O–H groups in total. The van der Waals surface area contributed by atoms with Gasteiger partial charge in [0, 0.05) is 7.05 Å². The lowest BCUT2D eigenvalue weighted by molar-refractivity contribution is 0.992. The van der Waals surface area contributed by atoms with Gasteiger partial charge in [-0.3, -0.25) is 0 Å². The average Bonchev–Trinajstić information content (AvgIpc) is 2.83. The number of hydrogen-bond acceptors (Lipinski definition) is 4. The SMILES string of the molecule is CCc1nc(-c2cccs2)nc(NC)c1I. The second-order valence-corrected chi connectivity index (χ2v) is 5.26. The van der Waals surface area contributed by atoms with E-state index < -0.39 is 0 Å². The van der Waals surface area contributed by atoms with E-state index >= 15 is 0 Å². The Morgan fingerprint density at radius 2 is 2.25 bits per heavy atom. The summed E-state index contributed by atoms with van der Waals surface area (Å²) in [5.41, 5.74) is 1.10. The first-order valence-electron chi connectivity index (χ1n) is 5.04. The molecule has 2 rings (SSSR count). The van der Waals surface area contributed by atoms with E-state index in [0.29, 0.717) is 0 Å². The fourth-order valence-corrected chi connectivity index (χ4v) is 2.96. The molecule has 0 amide bonds. The second-order valence-electron chi connectivity index (χ2n) is 3.24. The minimum absolute atomic E-state index is 0.816. The predicted molar refractivity (Wildman–Crippen MR) is 77.0 cm³/mol. The third-order valence-electron chi connectivity index (χ3n) is 2.23. The van der Waals surface area contributed by atoms with Gasteiger partial charge in [0.05, 0.1) is 14.1 Å². The van der Waals surface area contributed by atoms with Gasteiger partial charge in [-0.05, 0) is 40.5 Å². The molecule has 0 spiro atoms. The van der Waals surface area contributed by atoms with Crippen LogP contribution in [0.2, 0.25) is 0 Å². The van der Waals surface area contributed by atoms with E-state index in [9.17, 15) is 0 Å². The number of hydrogen-bond donors (Lipinski definition) is 1. The van der Waals surface area contributed by atoms with Crippen LogP contribution >= 0.6 is 33.9 Å². The van der Waals surface area contributed by atoms with Crippen LogP contribution in [0.3, 0.4) is 0 Å². The van der Waals surface area contributed by atoms with Gasteiger partial charge in [-0.2, -0.15) is 0 Å². The Bertz CT molecular complexity index is 457. The molecule has 0 saturated carbocycles. The van der Waals surface area contributed by atoms with Crippen molar-refractivity contribution in [3.8, 4) is 10.7 Å². The Hall–Kier alpha value is -0.690. The molecule has 2 aromatic heterocycles. The molecule has 0 saturated heterocycles. The Labute approximate surface area is 112 Å². The standard InChI is InChI=1S/C11H12IN3S/c1-3-7-9(12)11(13-2)15-10(14-7)8-5-4-6-16-8/h4-6H,3H2,1-2H3,(H,13,14,15). The average molecular weight is 345 g/mol. The van der Waals surface area contributed by atoms with E-state index in [1.807, 2.05) is 24.6 Å². The molecule has 0 unspecified atom stereocenters. The third kappa shape index (κ3) is 2.20. The Balaban J connectivity index is 2.56. The summed E-state index contributed by atoms with van der Waals surface area (Å²) >= 11 is 3.96. The highest BCUT2D eigenvalue weighted by molar-refractivity contribution is 14.1. The highest BCUT2D eigenvalue weighted by Gasteiger charge is 2.11. The van der Waals surface area contributed by atoms with Crippen LogP contribution in [0.4, 0.5) is 5.82 Å². The summed E-state index contributed by atoms with van der Waals surface area (Å²) in [6.07, 6.45) is 0.924. The first kappa shape index (κ1) is 11.8. The molecule has 0 bridgehead atoms. The summed E-state index contributed by atoms with van der Waals surface area (Å²) in [5, 5.41) is 5.16. The van der Waals surface area contributed by atoms with Crippen molar-refractivity contribution in [2.75, 3.05) is 12.4 Å². The fourth-order valence-electron chi connectivity index (χ4n) is 1.41. The zero-order valence-electron chi connectivity index (χ0n) is 9.12. The van der Waals surface area contributed by atoms with Crippen molar-refractivity contribution in [3.63, 3.8) is 0 Å². The lowest BCUT2D eigenvalue weighted by Crippen LogP contribution is -2.04. The molecule has 3 nitrogen and oxygen atoms in total. The highest BCUT2D eigenvalue weighted by Crippen LogP contribution is 2.26. The molecule has 2 aromatic rings. The van der Waals surface area contributed by atoms with E-state index in [-0.39, 0.29) is 0 Å². The smallest absolute Gasteiger partial charge is 0.171 e. The van der Waals surface area contributed by atoms with Crippen molar-refractivity contribution in [1.29, 1.82) is 0 Å². The van der Waals surface area contributed by atoms with Gasteiger partial charge < -0.3 is 5.32 Å². The van der Waals surface area contributed by atoms with E-state index in [4.69, 9.17) is 0 Å². The van der Waals surface area contributed by atoms with Crippen LogP contribution in [-0.2, 0) is 6.42 Å². The summed E-state index contributed by atoms with van der Waals surface area (Å²) in [7, 11) is 1.89. The van der Waals surface area contributed by atoms with Crippen molar-refractivity contribution < 1.29 is 0 Å². The van der Waals surface area contributed by atoms with Gasteiger partial charge >= 0.3 is 0 Å². The molecule has 0 aliphatic rings. The monoisotopic (exact) mass is 345 g/mol. The van der Waals surface area contributed by atoms with Crippen molar-refractivity contribution in [2.24, 2.45) is 0 Å². The van der Waals surface area contributed by atoms with Gasteiger partial charge in [-0.1, -0.05) is 13.0 Å². The second kappa shape index (κ2) is 5.09. The molecule has 5 heteroatoms. The van der Waals surface area contributed by atoms with Gasteiger partial charge in [-0.25, -0.2) is 9.97 Å². The summed E-state index contributed by atoms with van der Waals surface area (Å²) < 4.78 is 1.11. The zero-order chi connectivity index (χ0) is 11.5. The maximum atomic E-state index is 4.59. The van der Waals surface area contributed by atoms with Gasteiger partial charge in [0.15, 0.2) is 5.82 Å². The number of aromatic nitrogens is 2. The summed E-state index contributed by atoms with van der Waals surface area (Å²) in [5.74, 6) is 1.73. The van der Waals surface area contributed by atoms with Gasteiger partial charge in [0.25, 0.3) is 0 Å². The minimum atomic E-state index is 0.816. The fraction of sp³-hybridized carbons (Fsp3) is 0.273. The lowest BCUT2D eigenvalue weighted by Gasteiger charge is -2.08. The Morgan fingerprint density at radius 1 is 1.44 bits per heavy atom. The maximum Gasteiger partial charge on any atom is 0.171 e. The molecule has 0 radical (unpaired) electrons. The molecular formula is C11H12IN3S. The number of nitrogens with zero attached hydrogens (tertiary/aromatic N) is 2. The quantitative estimate of drug-likeness (QED) is 0.867. The lowest BCUT2D eigenvalue weighted by atomic mass is 10.3. The van der Waals surface area contributed by atoms with Gasteiger partial charge in [0.1, 0.15) is 5.82 Å². The first-order valence-corrected chi connectivity index (χ1v) is 7.00. The number of halogens is 1. The molecule has 84 valence electrons. The van der Waals surface area contributed by atoms with Crippen molar-refractivity contribution in [3.05, 3.63) is 26.8 Å². The van der Waals surface area contributed by atoms with Crippen LogP contribution in [0.15, 0.2) is 17.5 Å². The molecule has 0 aromatic carbocycles. The zero-order valence-corrected chi connectivity index (χ0v) is 12.1. The van der Waals surface area contributed by atoms with E-state index in [2.05, 4.69) is 44.8 Å². The number of thiophene rings is 1. The van der Waals surface area contributed by atoms with Crippen LogP contribution in [0, 0.1) is 3.57 Å². The number of anilines is 1. The van der Waals surface area contributed by atoms with E-state index in [1.165, 1.54) is 0 Å². The van der Waals surface area contributed by atoms with Crippen LogP contribution in [0.25, 0.3) is 10.7 Å². The van der Waals surface area contributed by atoms with E-state index in [0.717, 1.165) is 32.2 Å². The van der Waals surface area contributed by atoms with Crippen LogP contribution in [0.1, 0.15) is 12.6 Å². The molecule has 0 aliphatic carbocycles. The van der Waals surface area contributed by atoms with Crippen LogP contribution in [0.5, 0.6) is 0 Å². The highest BCUT2D eigenvalue weighted by atomic mass is 127. The van der Waals surface area contributed by atoms with E-state index in [1.54, 1.807) is 11.3 Å². The van der Waals surface area contributed by atoms with Gasteiger partial charge in [0.2, 0.25) is 0 Å². The summed E-state index contributed by atoms with van der Waals surface area (Å²) in [4.78, 5) is 10.2. The minimum Gasteiger partial charge on any atom is -0.372 e. The van der Waals surface area contributed by atoms with Crippen molar-refractivity contribution in [2.45, 2.75) is 13.3 Å². The largest absolute Gasteiger partial charge is 0.372 e. The molecule has 0 fully saturated rings. The van der Waals surface area contributed by atoms with Crippen molar-refractivity contribution in [1.82, 2.24) is 9.97 Å². The molecule has 16 heavy (non-hydrogen) atoms. The summed E-state index contributed by atoms with van der Waals surface area (Å²) in [6.45, 7) is 2.11. The number of rotatable bonds is 3. The Kier molecular flexibility index (Phi) is 3.75. The molecule has 2 heterocycles. The molecular weight excluding hydrogens is 333 g/mol. The first-order chi connectivity index (χ1) is 7.76. The van der Waals surface area contributed by atoms with Crippen LogP contribution in [-0.4, -0.2) is 17.0 Å².